The molecule has 0 saturated carbocycles. The van der Waals surface area contributed by atoms with Gasteiger partial charge in [-0.1, -0.05) is 12.1 Å². The third-order valence-electron chi connectivity index (χ3n) is 3.99. The molecular formula is C14H24N4OS. The molecule has 6 heteroatoms. The van der Waals surface area contributed by atoms with Crippen molar-refractivity contribution in [2.24, 2.45) is 10.9 Å². The van der Waals surface area contributed by atoms with Crippen molar-refractivity contribution in [3.63, 3.8) is 0 Å². The zero-order valence-corrected chi connectivity index (χ0v) is 12.9. The minimum absolute atomic E-state index is 0.0685. The van der Waals surface area contributed by atoms with E-state index >= 15 is 0 Å². The van der Waals surface area contributed by atoms with Crippen LogP contribution in [0.1, 0.15) is 18.9 Å². The highest BCUT2D eigenvalue weighted by atomic mass is 32.1. The Balaban J connectivity index is 1.77. The van der Waals surface area contributed by atoms with Crippen molar-refractivity contribution in [3.8, 4) is 0 Å². The average Bonchev–Trinajstić information content (AvgIpc) is 3.00. The molecule has 5 nitrogen and oxygen atoms in total. The van der Waals surface area contributed by atoms with Gasteiger partial charge in [0, 0.05) is 32.7 Å². The molecule has 1 unspecified atom stereocenters. The number of rotatable bonds is 6. The molecule has 0 radical (unpaired) electrons. The fraction of sp³-hybridized carbons (Fsp3) is 0.643. The lowest BCUT2D eigenvalue weighted by Gasteiger charge is -2.38. The Hall–Kier alpha value is -1.11. The fourth-order valence-corrected chi connectivity index (χ4v) is 3.44. The first-order valence-electron chi connectivity index (χ1n) is 7.19. The van der Waals surface area contributed by atoms with Gasteiger partial charge in [-0.2, -0.15) is 11.3 Å². The molecule has 1 atom stereocenters. The van der Waals surface area contributed by atoms with E-state index in [2.05, 4.69) is 38.7 Å². The molecular weight excluding hydrogens is 272 g/mol. The largest absolute Gasteiger partial charge is 0.409 e. The van der Waals surface area contributed by atoms with E-state index in [0.717, 1.165) is 45.6 Å². The van der Waals surface area contributed by atoms with Gasteiger partial charge in [-0.05, 0) is 35.2 Å². The summed E-state index contributed by atoms with van der Waals surface area (Å²) >= 11 is 1.76. The third kappa shape index (κ3) is 3.94. The van der Waals surface area contributed by atoms with Crippen molar-refractivity contribution in [2.45, 2.75) is 25.8 Å². The van der Waals surface area contributed by atoms with Crippen LogP contribution in [0.15, 0.2) is 22.0 Å². The van der Waals surface area contributed by atoms with E-state index in [1.165, 1.54) is 5.56 Å². The topological polar surface area (TPSA) is 65.1 Å². The molecule has 0 spiro atoms. The molecule has 1 aliphatic heterocycles. The first-order valence-corrected chi connectivity index (χ1v) is 8.13. The van der Waals surface area contributed by atoms with E-state index in [0.29, 0.717) is 5.84 Å². The SMILES string of the molecule is CCC(C(N)=NO)N1CCN(CCc2ccsc2)CC1. The van der Waals surface area contributed by atoms with Crippen molar-refractivity contribution in [2.75, 3.05) is 32.7 Å². The van der Waals surface area contributed by atoms with Crippen LogP contribution in [0.2, 0.25) is 0 Å². The summed E-state index contributed by atoms with van der Waals surface area (Å²) in [6.45, 7) is 7.27. The first-order chi connectivity index (χ1) is 9.74. The van der Waals surface area contributed by atoms with E-state index < -0.39 is 0 Å². The molecule has 1 fully saturated rings. The summed E-state index contributed by atoms with van der Waals surface area (Å²) in [5.74, 6) is 0.333. The van der Waals surface area contributed by atoms with Gasteiger partial charge < -0.3 is 15.8 Å². The van der Waals surface area contributed by atoms with E-state index in [4.69, 9.17) is 10.9 Å². The summed E-state index contributed by atoms with van der Waals surface area (Å²) in [7, 11) is 0. The Labute approximate surface area is 124 Å². The molecule has 0 amide bonds. The summed E-state index contributed by atoms with van der Waals surface area (Å²) in [4.78, 5) is 4.81. The quantitative estimate of drug-likeness (QED) is 0.361. The first kappa shape index (κ1) is 15.3. The van der Waals surface area contributed by atoms with Crippen molar-refractivity contribution < 1.29 is 5.21 Å². The summed E-state index contributed by atoms with van der Waals surface area (Å²) in [5, 5.41) is 16.4. The van der Waals surface area contributed by atoms with Gasteiger partial charge in [-0.15, -0.1) is 0 Å². The Morgan fingerprint density at radius 2 is 2.20 bits per heavy atom. The normalized spacial score (nSPS) is 20.1. The number of hydrogen-bond acceptors (Lipinski definition) is 5. The van der Waals surface area contributed by atoms with E-state index in [1.54, 1.807) is 11.3 Å². The maximum Gasteiger partial charge on any atom is 0.156 e. The molecule has 1 aromatic heterocycles. The average molecular weight is 296 g/mol. The van der Waals surface area contributed by atoms with Gasteiger partial charge in [-0.3, -0.25) is 4.90 Å². The maximum absolute atomic E-state index is 8.84. The number of thiophene rings is 1. The Morgan fingerprint density at radius 1 is 1.45 bits per heavy atom. The second-order valence-corrected chi connectivity index (χ2v) is 5.99. The predicted octanol–water partition coefficient (Wildman–Crippen LogP) is 1.43. The van der Waals surface area contributed by atoms with Crippen LogP contribution in [0.5, 0.6) is 0 Å². The summed E-state index contributed by atoms with van der Waals surface area (Å²) < 4.78 is 0. The second-order valence-electron chi connectivity index (χ2n) is 5.21. The molecule has 1 saturated heterocycles. The van der Waals surface area contributed by atoms with Gasteiger partial charge in [-0.25, -0.2) is 0 Å². The van der Waals surface area contributed by atoms with Crippen LogP contribution in [0.3, 0.4) is 0 Å². The molecule has 2 rings (SSSR count). The molecule has 20 heavy (non-hydrogen) atoms. The monoisotopic (exact) mass is 296 g/mol. The van der Waals surface area contributed by atoms with Crippen LogP contribution < -0.4 is 5.73 Å². The number of piperazine rings is 1. The van der Waals surface area contributed by atoms with Crippen LogP contribution in [0.4, 0.5) is 0 Å². The van der Waals surface area contributed by atoms with Crippen LogP contribution >= 0.6 is 11.3 Å². The van der Waals surface area contributed by atoms with Gasteiger partial charge in [0.2, 0.25) is 0 Å². The van der Waals surface area contributed by atoms with Gasteiger partial charge in [0.25, 0.3) is 0 Å². The molecule has 0 aliphatic carbocycles. The predicted molar refractivity (Wildman–Crippen MR) is 83.5 cm³/mol. The van der Waals surface area contributed by atoms with Gasteiger partial charge in [0.1, 0.15) is 0 Å². The highest BCUT2D eigenvalue weighted by Crippen LogP contribution is 2.12. The third-order valence-corrected chi connectivity index (χ3v) is 4.72. The number of hydrogen-bond donors (Lipinski definition) is 2. The highest BCUT2D eigenvalue weighted by Gasteiger charge is 2.25. The second kappa shape index (κ2) is 7.61. The highest BCUT2D eigenvalue weighted by molar-refractivity contribution is 7.07. The Kier molecular flexibility index (Phi) is 5.82. The lowest BCUT2D eigenvalue weighted by molar-refractivity contribution is 0.115. The van der Waals surface area contributed by atoms with E-state index in [9.17, 15) is 0 Å². The number of amidine groups is 1. The van der Waals surface area contributed by atoms with E-state index in [1.807, 2.05) is 0 Å². The Morgan fingerprint density at radius 3 is 2.75 bits per heavy atom. The molecule has 1 aliphatic rings. The Bertz CT molecular complexity index is 413. The van der Waals surface area contributed by atoms with Crippen molar-refractivity contribution in [1.29, 1.82) is 0 Å². The molecule has 112 valence electrons. The van der Waals surface area contributed by atoms with Crippen LogP contribution in [0.25, 0.3) is 0 Å². The minimum atomic E-state index is 0.0685. The summed E-state index contributed by atoms with van der Waals surface area (Å²) in [6.07, 6.45) is 2.01. The zero-order chi connectivity index (χ0) is 14.4. The van der Waals surface area contributed by atoms with Crippen molar-refractivity contribution >= 4 is 17.2 Å². The molecule has 0 bridgehead atoms. The lowest BCUT2D eigenvalue weighted by Crippen LogP contribution is -2.54. The number of oxime groups is 1. The van der Waals surface area contributed by atoms with Crippen LogP contribution in [-0.4, -0.2) is 59.6 Å². The number of nitrogens with zero attached hydrogens (tertiary/aromatic N) is 3. The minimum Gasteiger partial charge on any atom is -0.409 e. The fourth-order valence-electron chi connectivity index (χ4n) is 2.74. The molecule has 2 heterocycles. The number of nitrogens with two attached hydrogens (primary N) is 1. The van der Waals surface area contributed by atoms with Gasteiger partial charge in [0.15, 0.2) is 5.84 Å². The van der Waals surface area contributed by atoms with Crippen LogP contribution in [0, 0.1) is 0 Å². The van der Waals surface area contributed by atoms with E-state index in [-0.39, 0.29) is 6.04 Å². The van der Waals surface area contributed by atoms with Gasteiger partial charge >= 0.3 is 0 Å². The van der Waals surface area contributed by atoms with Crippen LogP contribution in [-0.2, 0) is 6.42 Å². The summed E-state index contributed by atoms with van der Waals surface area (Å²) in [5.41, 5.74) is 7.19. The molecule has 3 N–H and O–H groups in total. The van der Waals surface area contributed by atoms with Crippen molar-refractivity contribution in [3.05, 3.63) is 22.4 Å². The maximum atomic E-state index is 8.84. The lowest BCUT2D eigenvalue weighted by atomic mass is 10.1. The molecule has 1 aromatic rings. The summed E-state index contributed by atoms with van der Waals surface area (Å²) in [6, 6.07) is 2.27. The smallest absolute Gasteiger partial charge is 0.156 e. The standard InChI is InChI=1S/C14H24N4OS/c1-2-13(14(15)16-19)18-8-6-17(7-9-18)5-3-12-4-10-20-11-12/h4,10-11,13,19H,2-3,5-9H2,1H3,(H2,15,16). The van der Waals surface area contributed by atoms with Gasteiger partial charge in [0.05, 0.1) is 6.04 Å². The zero-order valence-electron chi connectivity index (χ0n) is 12.0. The molecule has 0 aromatic carbocycles. The van der Waals surface area contributed by atoms with Crippen molar-refractivity contribution in [1.82, 2.24) is 9.80 Å².